The van der Waals surface area contributed by atoms with Crippen LogP contribution in [0.5, 0.6) is 0 Å². The lowest BCUT2D eigenvalue weighted by Crippen LogP contribution is -2.40. The van der Waals surface area contributed by atoms with E-state index in [1.165, 1.54) is 0 Å². The van der Waals surface area contributed by atoms with Crippen LogP contribution in [0.25, 0.3) is 0 Å². The molecule has 0 N–H and O–H groups in total. The summed E-state index contributed by atoms with van der Waals surface area (Å²) in [6.07, 6.45) is -10.4. The number of allylic oxidation sites excluding steroid dienone is 1. The molecule has 0 aliphatic rings. The summed E-state index contributed by atoms with van der Waals surface area (Å²) in [6.45, 7) is 3.39. The first-order chi connectivity index (χ1) is 8.87. The zero-order chi connectivity index (χ0) is 16.1. The van der Waals surface area contributed by atoms with Gasteiger partial charge in [0.25, 0.3) is 11.6 Å². The molecule has 3 nitrogen and oxygen atoms in total. The van der Waals surface area contributed by atoms with Gasteiger partial charge < -0.3 is 4.74 Å². The first-order valence-corrected chi connectivity index (χ1v) is 5.37. The summed E-state index contributed by atoms with van der Waals surface area (Å²) >= 11 is 0. The largest absolute Gasteiger partial charge is 0.501 e. The summed E-state index contributed by atoms with van der Waals surface area (Å²) in [5.41, 5.74) is 0. The van der Waals surface area contributed by atoms with Crippen LogP contribution in [0.2, 0.25) is 0 Å². The van der Waals surface area contributed by atoms with E-state index in [0.29, 0.717) is 6.26 Å². The van der Waals surface area contributed by atoms with Crippen LogP contribution in [0.3, 0.4) is 0 Å². The Labute approximate surface area is 110 Å². The minimum Gasteiger partial charge on any atom is -0.501 e. The number of ether oxygens (including phenoxy) is 1. The van der Waals surface area contributed by atoms with Crippen molar-refractivity contribution >= 4 is 11.6 Å². The van der Waals surface area contributed by atoms with Gasteiger partial charge in [-0.15, -0.1) is 0 Å². The van der Waals surface area contributed by atoms with E-state index in [4.69, 9.17) is 0 Å². The Morgan fingerprint density at radius 1 is 1.00 bits per heavy atom. The molecular weight excluding hydrogens is 294 g/mol. The monoisotopic (exact) mass is 306 g/mol. The molecule has 0 aliphatic heterocycles. The third kappa shape index (κ3) is 6.07. The van der Waals surface area contributed by atoms with Gasteiger partial charge in [-0.2, -0.15) is 26.3 Å². The van der Waals surface area contributed by atoms with Crippen LogP contribution < -0.4 is 0 Å². The maximum absolute atomic E-state index is 12.1. The molecule has 0 aromatic carbocycles. The Morgan fingerprint density at radius 3 is 1.70 bits per heavy atom. The highest BCUT2D eigenvalue weighted by Gasteiger charge is 2.52. The topological polar surface area (TPSA) is 43.4 Å². The predicted molar refractivity (Wildman–Crippen MR) is 55.5 cm³/mol. The standard InChI is InChI=1S/C11H12F6O3/c1-6(2)5-20-4-3-7(8(18)10(12,13)14)9(19)11(15,16)17/h3-4,6-7H,5H2,1-2H3/b4-3+. The lowest BCUT2D eigenvalue weighted by atomic mass is 9.98. The van der Waals surface area contributed by atoms with E-state index >= 15 is 0 Å². The summed E-state index contributed by atoms with van der Waals surface area (Å²) in [5, 5.41) is 0. The van der Waals surface area contributed by atoms with Gasteiger partial charge in [0.1, 0.15) is 5.92 Å². The highest BCUT2D eigenvalue weighted by molar-refractivity contribution is 6.08. The van der Waals surface area contributed by atoms with Gasteiger partial charge in [0.15, 0.2) is 0 Å². The van der Waals surface area contributed by atoms with Crippen LogP contribution >= 0.6 is 0 Å². The molecule has 0 spiro atoms. The lowest BCUT2D eigenvalue weighted by molar-refractivity contribution is -0.187. The number of carbonyl (C=O) groups is 2. The van der Waals surface area contributed by atoms with E-state index in [-0.39, 0.29) is 18.6 Å². The normalized spacial score (nSPS) is 13.3. The maximum Gasteiger partial charge on any atom is 0.451 e. The number of ketones is 2. The highest BCUT2D eigenvalue weighted by Crippen LogP contribution is 2.28. The van der Waals surface area contributed by atoms with E-state index < -0.39 is 29.8 Å². The molecule has 0 aromatic rings. The van der Waals surface area contributed by atoms with Gasteiger partial charge in [0.05, 0.1) is 12.9 Å². The summed E-state index contributed by atoms with van der Waals surface area (Å²) in [7, 11) is 0. The van der Waals surface area contributed by atoms with E-state index in [2.05, 4.69) is 4.74 Å². The maximum atomic E-state index is 12.1. The van der Waals surface area contributed by atoms with Gasteiger partial charge in [0.2, 0.25) is 0 Å². The Bertz CT molecular complexity index is 355. The number of Topliss-reactive ketones (excluding diaryl/α,β-unsaturated/α-hetero) is 2. The third-order valence-electron chi connectivity index (χ3n) is 1.92. The van der Waals surface area contributed by atoms with Gasteiger partial charge >= 0.3 is 12.4 Å². The molecule has 0 saturated carbocycles. The first kappa shape index (κ1) is 18.5. The molecule has 0 aliphatic carbocycles. The molecule has 0 bridgehead atoms. The van der Waals surface area contributed by atoms with Crippen LogP contribution in [-0.2, 0) is 14.3 Å². The quantitative estimate of drug-likeness (QED) is 0.430. The summed E-state index contributed by atoms with van der Waals surface area (Å²) < 4.78 is 77.5. The van der Waals surface area contributed by atoms with Crippen LogP contribution in [0.1, 0.15) is 13.8 Å². The molecule has 0 heterocycles. The predicted octanol–water partition coefficient (Wildman–Crippen LogP) is 3.05. The van der Waals surface area contributed by atoms with Crippen molar-refractivity contribution in [3.63, 3.8) is 0 Å². The van der Waals surface area contributed by atoms with Crippen molar-refractivity contribution in [3.05, 3.63) is 12.3 Å². The second-order valence-electron chi connectivity index (χ2n) is 4.26. The average molecular weight is 306 g/mol. The van der Waals surface area contributed by atoms with Gasteiger partial charge in [0, 0.05) is 0 Å². The van der Waals surface area contributed by atoms with Gasteiger partial charge in [-0.25, -0.2) is 0 Å². The van der Waals surface area contributed by atoms with Gasteiger partial charge in [-0.05, 0) is 12.0 Å². The van der Waals surface area contributed by atoms with E-state index in [1.54, 1.807) is 13.8 Å². The van der Waals surface area contributed by atoms with Crippen LogP contribution in [0.4, 0.5) is 26.3 Å². The van der Waals surface area contributed by atoms with Crippen molar-refractivity contribution in [1.82, 2.24) is 0 Å². The number of alkyl halides is 6. The molecule has 0 unspecified atom stereocenters. The van der Waals surface area contributed by atoms with Gasteiger partial charge in [-0.1, -0.05) is 13.8 Å². The fraction of sp³-hybridized carbons (Fsp3) is 0.636. The van der Waals surface area contributed by atoms with Gasteiger partial charge in [-0.3, -0.25) is 9.59 Å². The van der Waals surface area contributed by atoms with E-state index in [1.807, 2.05) is 0 Å². The summed E-state index contributed by atoms with van der Waals surface area (Å²) in [5.74, 6) is -8.59. The zero-order valence-electron chi connectivity index (χ0n) is 10.5. The molecule has 0 aromatic heterocycles. The Hall–Kier alpha value is -1.54. The first-order valence-electron chi connectivity index (χ1n) is 5.37. The number of carbonyl (C=O) groups excluding carboxylic acids is 2. The molecule has 20 heavy (non-hydrogen) atoms. The average Bonchev–Trinajstić information content (AvgIpc) is 2.24. The Balaban J connectivity index is 5.10. The molecule has 0 amide bonds. The van der Waals surface area contributed by atoms with Crippen LogP contribution in [-0.4, -0.2) is 30.5 Å². The third-order valence-corrected chi connectivity index (χ3v) is 1.92. The molecule has 0 radical (unpaired) electrons. The van der Waals surface area contributed by atoms with Crippen molar-refractivity contribution < 1.29 is 40.7 Å². The molecule has 116 valence electrons. The van der Waals surface area contributed by atoms with Crippen molar-refractivity contribution in [2.24, 2.45) is 11.8 Å². The molecule has 0 atom stereocenters. The smallest absolute Gasteiger partial charge is 0.451 e. The van der Waals surface area contributed by atoms with Crippen molar-refractivity contribution in [1.29, 1.82) is 0 Å². The van der Waals surface area contributed by atoms with Crippen LogP contribution in [0.15, 0.2) is 12.3 Å². The molecule has 9 heteroatoms. The number of hydrogen-bond donors (Lipinski definition) is 0. The van der Waals surface area contributed by atoms with E-state index in [0.717, 1.165) is 0 Å². The molecule has 0 saturated heterocycles. The lowest BCUT2D eigenvalue weighted by Gasteiger charge is -2.14. The van der Waals surface area contributed by atoms with Crippen molar-refractivity contribution in [2.45, 2.75) is 26.2 Å². The van der Waals surface area contributed by atoms with Crippen LogP contribution in [0, 0.1) is 11.8 Å². The van der Waals surface area contributed by atoms with Crippen molar-refractivity contribution in [2.75, 3.05) is 6.61 Å². The summed E-state index contributed by atoms with van der Waals surface area (Å²) in [6, 6.07) is 0. The van der Waals surface area contributed by atoms with E-state index in [9.17, 15) is 35.9 Å². The minimum atomic E-state index is -5.55. The Kier molecular flexibility index (Phi) is 6.24. The molecular formula is C11H12F6O3. The van der Waals surface area contributed by atoms with Crippen molar-refractivity contribution in [3.8, 4) is 0 Å². The Morgan fingerprint density at radius 2 is 1.40 bits per heavy atom. The molecule has 0 fully saturated rings. The second-order valence-corrected chi connectivity index (χ2v) is 4.26. The number of hydrogen-bond acceptors (Lipinski definition) is 3. The number of rotatable bonds is 6. The number of halogens is 6. The SMILES string of the molecule is CC(C)CO/C=C/C(C(=O)C(F)(F)F)C(=O)C(F)(F)F. The fourth-order valence-corrected chi connectivity index (χ4v) is 1.03. The zero-order valence-corrected chi connectivity index (χ0v) is 10.5. The highest BCUT2D eigenvalue weighted by atomic mass is 19.4. The minimum absolute atomic E-state index is 0.0175. The fourth-order valence-electron chi connectivity index (χ4n) is 1.03. The molecule has 0 rings (SSSR count). The second kappa shape index (κ2) is 6.76. The summed E-state index contributed by atoms with van der Waals surface area (Å²) in [4.78, 5) is 21.7.